The van der Waals surface area contributed by atoms with Crippen molar-refractivity contribution in [3.63, 3.8) is 0 Å². The van der Waals surface area contributed by atoms with Crippen LogP contribution in [0.25, 0.3) is 0 Å². The van der Waals surface area contributed by atoms with Crippen LogP contribution in [0.2, 0.25) is 0 Å². The maximum absolute atomic E-state index is 13.4. The van der Waals surface area contributed by atoms with Crippen LogP contribution in [-0.2, 0) is 16.0 Å². The molecule has 4 rings (SSSR count). The van der Waals surface area contributed by atoms with E-state index in [0.29, 0.717) is 56.6 Å². The molecule has 0 aliphatic carbocycles. The summed E-state index contributed by atoms with van der Waals surface area (Å²) in [5.74, 6) is -0.366. The van der Waals surface area contributed by atoms with Crippen LogP contribution in [0.1, 0.15) is 48.0 Å². The van der Waals surface area contributed by atoms with E-state index in [2.05, 4.69) is 27.5 Å². The molecule has 234 valence electrons. The molecule has 43 heavy (non-hydrogen) atoms. The van der Waals surface area contributed by atoms with Crippen LogP contribution in [0.4, 0.5) is 5.69 Å². The standard InChI is InChI=1S/C33H48N6O4/c1-37-20-22-38(23-21-37)17-13-30(40)36-29-11-9-27(10-12-29)31(41)35-25-33(43)14-18-39(19-15-33)32(42)28(8-5-16-34)24-26-6-3-2-4-7-26/h2-4,6-7,9-12,28,43H,5,8,13-25,34H2,1H3,(H,35,41)(H,36,40). The van der Waals surface area contributed by atoms with Gasteiger partial charge in [0.1, 0.15) is 0 Å². The fourth-order valence-electron chi connectivity index (χ4n) is 5.76. The third-order valence-corrected chi connectivity index (χ3v) is 8.70. The van der Waals surface area contributed by atoms with Crippen LogP contribution in [0.15, 0.2) is 54.6 Å². The second kappa shape index (κ2) is 16.0. The van der Waals surface area contributed by atoms with Crippen molar-refractivity contribution in [3.05, 3.63) is 65.7 Å². The van der Waals surface area contributed by atoms with E-state index >= 15 is 0 Å². The quantitative estimate of drug-likeness (QED) is 0.280. The Balaban J connectivity index is 1.20. The van der Waals surface area contributed by atoms with Gasteiger partial charge in [0.2, 0.25) is 11.8 Å². The van der Waals surface area contributed by atoms with Gasteiger partial charge in [-0.1, -0.05) is 30.3 Å². The van der Waals surface area contributed by atoms with Crippen LogP contribution < -0.4 is 16.4 Å². The zero-order valence-corrected chi connectivity index (χ0v) is 25.5. The van der Waals surface area contributed by atoms with Crippen LogP contribution in [-0.4, -0.2) is 109 Å². The lowest BCUT2D eigenvalue weighted by atomic mass is 9.88. The summed E-state index contributed by atoms with van der Waals surface area (Å²) >= 11 is 0. The topological polar surface area (TPSA) is 131 Å². The highest BCUT2D eigenvalue weighted by molar-refractivity contribution is 5.95. The highest BCUT2D eigenvalue weighted by Crippen LogP contribution is 2.25. The predicted octanol–water partition coefficient (Wildman–Crippen LogP) is 1.94. The SMILES string of the molecule is CN1CCN(CCC(=O)Nc2ccc(C(=O)NCC3(O)CCN(C(=O)C(CCCN)Cc4ccccc4)CC3)cc2)CC1. The van der Waals surface area contributed by atoms with Crippen molar-refractivity contribution in [2.75, 3.05) is 71.3 Å². The lowest BCUT2D eigenvalue weighted by Gasteiger charge is -2.39. The molecule has 2 aromatic carbocycles. The van der Waals surface area contributed by atoms with Gasteiger partial charge >= 0.3 is 0 Å². The minimum Gasteiger partial charge on any atom is -0.388 e. The Morgan fingerprint density at radius 3 is 2.28 bits per heavy atom. The van der Waals surface area contributed by atoms with E-state index in [1.54, 1.807) is 24.3 Å². The van der Waals surface area contributed by atoms with Crippen LogP contribution in [0.5, 0.6) is 0 Å². The molecule has 0 saturated carbocycles. The molecule has 10 heteroatoms. The molecule has 2 heterocycles. The number of piperidine rings is 1. The van der Waals surface area contributed by atoms with Gasteiger partial charge in [-0.15, -0.1) is 0 Å². The first-order chi connectivity index (χ1) is 20.7. The molecule has 2 aliphatic rings. The first-order valence-corrected chi connectivity index (χ1v) is 15.6. The Hall–Kier alpha value is -3.31. The van der Waals surface area contributed by atoms with Gasteiger partial charge in [-0.25, -0.2) is 0 Å². The number of likely N-dealkylation sites (tertiary alicyclic amines) is 1. The third-order valence-electron chi connectivity index (χ3n) is 8.70. The van der Waals surface area contributed by atoms with Gasteiger partial charge in [0, 0.05) is 75.9 Å². The number of benzene rings is 2. The summed E-state index contributed by atoms with van der Waals surface area (Å²) in [5.41, 5.74) is 6.89. The Labute approximate surface area is 255 Å². The average molecular weight is 593 g/mol. The lowest BCUT2D eigenvalue weighted by molar-refractivity contribution is -0.140. The molecule has 5 N–H and O–H groups in total. The number of amides is 3. The van der Waals surface area contributed by atoms with Crippen molar-refractivity contribution in [2.45, 2.75) is 44.1 Å². The second-order valence-corrected chi connectivity index (χ2v) is 12.1. The predicted molar refractivity (Wildman–Crippen MR) is 169 cm³/mol. The Kier molecular flexibility index (Phi) is 12.1. The molecule has 3 amide bonds. The number of nitrogens with two attached hydrogens (primary N) is 1. The molecule has 2 saturated heterocycles. The number of nitrogens with zero attached hydrogens (tertiary/aromatic N) is 3. The van der Waals surface area contributed by atoms with Crippen LogP contribution in [0.3, 0.4) is 0 Å². The molecule has 0 radical (unpaired) electrons. The smallest absolute Gasteiger partial charge is 0.251 e. The van der Waals surface area contributed by atoms with Crippen molar-refractivity contribution >= 4 is 23.4 Å². The Morgan fingerprint density at radius 2 is 1.63 bits per heavy atom. The average Bonchev–Trinajstić information content (AvgIpc) is 3.02. The number of carbonyl (C=O) groups is 3. The summed E-state index contributed by atoms with van der Waals surface area (Å²) in [5, 5.41) is 16.9. The second-order valence-electron chi connectivity index (χ2n) is 12.1. The van der Waals surface area contributed by atoms with Gasteiger partial charge in [0.25, 0.3) is 5.91 Å². The van der Waals surface area contributed by atoms with E-state index in [9.17, 15) is 19.5 Å². The zero-order valence-electron chi connectivity index (χ0n) is 25.5. The summed E-state index contributed by atoms with van der Waals surface area (Å²) in [6.45, 7) is 6.28. The minimum atomic E-state index is -1.07. The molecular weight excluding hydrogens is 544 g/mol. The molecule has 10 nitrogen and oxygen atoms in total. The van der Waals surface area contributed by atoms with Gasteiger partial charge < -0.3 is 36.2 Å². The first-order valence-electron chi connectivity index (χ1n) is 15.6. The van der Waals surface area contributed by atoms with E-state index in [-0.39, 0.29) is 30.2 Å². The number of anilines is 1. The number of hydrogen-bond acceptors (Lipinski definition) is 7. The Bertz CT molecular complexity index is 1180. The van der Waals surface area contributed by atoms with Crippen LogP contribution >= 0.6 is 0 Å². The zero-order chi connectivity index (χ0) is 30.7. The van der Waals surface area contributed by atoms with Gasteiger partial charge in [0.05, 0.1) is 5.60 Å². The van der Waals surface area contributed by atoms with Crippen molar-refractivity contribution in [3.8, 4) is 0 Å². The maximum Gasteiger partial charge on any atom is 0.251 e. The normalized spacial score (nSPS) is 18.2. The molecular formula is C33H48N6O4. The van der Waals surface area contributed by atoms with Gasteiger partial charge in [-0.2, -0.15) is 0 Å². The number of likely N-dealkylation sites (N-methyl/N-ethyl adjacent to an activating group) is 1. The molecule has 2 aromatic rings. The first kappa shape index (κ1) is 32.6. The van der Waals surface area contributed by atoms with E-state index < -0.39 is 5.60 Å². The number of aliphatic hydroxyl groups is 1. The van der Waals surface area contributed by atoms with E-state index in [1.165, 1.54) is 0 Å². The molecule has 2 aliphatic heterocycles. The molecule has 2 fully saturated rings. The van der Waals surface area contributed by atoms with E-state index in [4.69, 9.17) is 5.73 Å². The van der Waals surface area contributed by atoms with E-state index in [1.807, 2.05) is 35.2 Å². The number of carbonyl (C=O) groups excluding carboxylic acids is 3. The lowest BCUT2D eigenvalue weighted by Crippen LogP contribution is -2.53. The molecule has 0 spiro atoms. The third kappa shape index (κ3) is 10.1. The van der Waals surface area contributed by atoms with E-state index in [0.717, 1.165) is 51.1 Å². The summed E-state index contributed by atoms with van der Waals surface area (Å²) in [6.07, 6.45) is 3.42. The summed E-state index contributed by atoms with van der Waals surface area (Å²) in [7, 11) is 2.11. The van der Waals surface area contributed by atoms with Crippen molar-refractivity contribution in [2.24, 2.45) is 11.7 Å². The van der Waals surface area contributed by atoms with Crippen LogP contribution in [0, 0.1) is 5.92 Å². The van der Waals surface area contributed by atoms with Crippen molar-refractivity contribution in [1.29, 1.82) is 0 Å². The summed E-state index contributed by atoms with van der Waals surface area (Å²) in [6, 6.07) is 16.8. The monoisotopic (exact) mass is 592 g/mol. The minimum absolute atomic E-state index is 0.0473. The molecule has 1 unspecified atom stereocenters. The summed E-state index contributed by atoms with van der Waals surface area (Å²) < 4.78 is 0. The van der Waals surface area contributed by atoms with Gasteiger partial charge in [-0.3, -0.25) is 14.4 Å². The fourth-order valence-corrected chi connectivity index (χ4v) is 5.76. The number of piperazine rings is 1. The Morgan fingerprint density at radius 1 is 0.953 bits per heavy atom. The molecule has 0 aromatic heterocycles. The van der Waals surface area contributed by atoms with Gasteiger partial charge in [0.15, 0.2) is 0 Å². The number of hydrogen-bond donors (Lipinski definition) is 4. The van der Waals surface area contributed by atoms with Crippen molar-refractivity contribution in [1.82, 2.24) is 20.0 Å². The fraction of sp³-hybridized carbons (Fsp3) is 0.545. The highest BCUT2D eigenvalue weighted by atomic mass is 16.3. The summed E-state index contributed by atoms with van der Waals surface area (Å²) in [4.78, 5) is 45.0. The highest BCUT2D eigenvalue weighted by Gasteiger charge is 2.36. The molecule has 0 bridgehead atoms. The van der Waals surface area contributed by atoms with Gasteiger partial charge in [-0.05, 0) is 75.5 Å². The number of rotatable bonds is 13. The maximum atomic E-state index is 13.4. The number of nitrogens with one attached hydrogen (secondary N) is 2. The van der Waals surface area contributed by atoms with Crippen molar-refractivity contribution < 1.29 is 19.5 Å². The largest absolute Gasteiger partial charge is 0.388 e. The molecule has 1 atom stereocenters.